The molecule has 3 aromatic carbocycles. The largest absolute Gasteiger partial charge is 0.483 e. The number of nitrogens with one attached hydrogen (secondary N) is 1. The Morgan fingerprint density at radius 2 is 1.57 bits per heavy atom. The van der Waals surface area contributed by atoms with Crippen LogP contribution in [0.2, 0.25) is 15.1 Å². The summed E-state index contributed by atoms with van der Waals surface area (Å²) >= 11 is 18.5. The molecule has 8 heteroatoms. The molecule has 1 aliphatic rings. The van der Waals surface area contributed by atoms with Gasteiger partial charge in [-0.25, -0.2) is 0 Å². The molecule has 0 aromatic heterocycles. The van der Waals surface area contributed by atoms with Gasteiger partial charge in [0.1, 0.15) is 5.75 Å². The zero-order chi connectivity index (χ0) is 24.8. The lowest BCUT2D eigenvalue weighted by Crippen LogP contribution is -2.43. The van der Waals surface area contributed by atoms with Crippen molar-refractivity contribution in [3.05, 3.63) is 86.9 Å². The Morgan fingerprint density at radius 1 is 0.857 bits per heavy atom. The van der Waals surface area contributed by atoms with E-state index in [2.05, 4.69) is 28.2 Å². The minimum atomic E-state index is -0.205. The Balaban J connectivity index is 1.47. The second-order valence-corrected chi connectivity index (χ2v) is 9.91. The van der Waals surface area contributed by atoms with Gasteiger partial charge in [-0.05, 0) is 54.1 Å². The molecular weight excluding hydrogens is 505 g/mol. The van der Waals surface area contributed by atoms with E-state index in [0.717, 1.165) is 55.0 Å². The normalized spacial score (nSPS) is 14.6. The molecule has 1 fully saturated rings. The predicted octanol–water partition coefficient (Wildman–Crippen LogP) is 5.76. The fourth-order valence-corrected chi connectivity index (χ4v) is 4.48. The molecule has 1 saturated heterocycles. The molecule has 1 N–H and O–H groups in total. The summed E-state index contributed by atoms with van der Waals surface area (Å²) in [6.45, 7) is 5.01. The molecule has 0 unspecified atom stereocenters. The number of benzene rings is 3. The average Bonchev–Trinajstić information content (AvgIpc) is 2.86. The molecule has 0 bridgehead atoms. The Labute approximate surface area is 221 Å². The van der Waals surface area contributed by atoms with Gasteiger partial charge in [0.05, 0.1) is 10.0 Å². The number of carbonyl (C=O) groups excluding carboxylic acids is 1. The number of amides is 1. The number of nitrogens with zero attached hydrogens (tertiary/aromatic N) is 2. The van der Waals surface area contributed by atoms with E-state index in [1.54, 1.807) is 12.1 Å². The van der Waals surface area contributed by atoms with Crippen molar-refractivity contribution < 1.29 is 9.53 Å². The Hall–Kier alpha value is -2.28. The molecule has 0 radical (unpaired) electrons. The monoisotopic (exact) mass is 531 g/mol. The van der Waals surface area contributed by atoms with E-state index in [1.165, 1.54) is 0 Å². The van der Waals surface area contributed by atoms with Crippen LogP contribution in [0.25, 0.3) is 11.1 Å². The van der Waals surface area contributed by atoms with Gasteiger partial charge in [-0.3, -0.25) is 9.69 Å². The lowest BCUT2D eigenvalue weighted by Gasteiger charge is -2.32. The average molecular weight is 533 g/mol. The Kier molecular flexibility index (Phi) is 8.93. The van der Waals surface area contributed by atoms with Crippen LogP contribution in [0.1, 0.15) is 11.1 Å². The first-order valence-electron chi connectivity index (χ1n) is 11.5. The quantitative estimate of drug-likeness (QED) is 0.401. The van der Waals surface area contributed by atoms with E-state index >= 15 is 0 Å². The third-order valence-corrected chi connectivity index (χ3v) is 7.20. The van der Waals surface area contributed by atoms with E-state index in [1.807, 2.05) is 42.5 Å². The molecule has 1 aliphatic heterocycles. The van der Waals surface area contributed by atoms with Crippen LogP contribution in [0.15, 0.2) is 60.7 Å². The van der Waals surface area contributed by atoms with E-state index < -0.39 is 0 Å². The van der Waals surface area contributed by atoms with Crippen molar-refractivity contribution in [2.75, 3.05) is 39.8 Å². The standard InChI is InChI=1S/C27H28Cl3N3O2/c1-32-10-12-33(13-11-32)17-22-14-19(20-6-8-24(29)25(30)15-20)7-9-26(22)35-18-27(34)31-16-21-4-2-3-5-23(21)28/h2-9,14-15H,10-13,16-18H2,1H3,(H,31,34). The highest BCUT2D eigenvalue weighted by Crippen LogP contribution is 2.32. The van der Waals surface area contributed by atoms with Crippen LogP contribution >= 0.6 is 34.8 Å². The first-order chi connectivity index (χ1) is 16.9. The van der Waals surface area contributed by atoms with Crippen molar-refractivity contribution in [2.24, 2.45) is 0 Å². The SMILES string of the molecule is CN1CCN(Cc2cc(-c3ccc(Cl)c(Cl)c3)ccc2OCC(=O)NCc2ccccc2Cl)CC1. The summed E-state index contributed by atoms with van der Waals surface area (Å²) in [5.41, 5.74) is 3.88. The zero-order valence-corrected chi connectivity index (χ0v) is 21.8. The van der Waals surface area contributed by atoms with Crippen LogP contribution in [-0.2, 0) is 17.9 Å². The second-order valence-electron chi connectivity index (χ2n) is 8.69. The molecule has 3 aromatic rings. The first kappa shape index (κ1) is 25.8. The van der Waals surface area contributed by atoms with Crippen molar-refractivity contribution >= 4 is 40.7 Å². The van der Waals surface area contributed by atoms with Crippen molar-refractivity contribution in [1.29, 1.82) is 0 Å². The fourth-order valence-electron chi connectivity index (χ4n) is 3.98. The van der Waals surface area contributed by atoms with E-state index in [0.29, 0.717) is 27.4 Å². The molecule has 5 nitrogen and oxygen atoms in total. The maximum Gasteiger partial charge on any atom is 0.258 e. The van der Waals surface area contributed by atoms with Gasteiger partial charge >= 0.3 is 0 Å². The number of hydrogen-bond donors (Lipinski definition) is 1. The predicted molar refractivity (Wildman–Crippen MR) is 143 cm³/mol. The third-order valence-electron chi connectivity index (χ3n) is 6.10. The maximum atomic E-state index is 12.5. The highest BCUT2D eigenvalue weighted by atomic mass is 35.5. The molecule has 35 heavy (non-hydrogen) atoms. The summed E-state index contributed by atoms with van der Waals surface area (Å²) in [4.78, 5) is 17.2. The minimum absolute atomic E-state index is 0.0771. The summed E-state index contributed by atoms with van der Waals surface area (Å²) in [5.74, 6) is 0.490. The number of rotatable bonds is 8. The fraction of sp³-hybridized carbons (Fsp3) is 0.296. The van der Waals surface area contributed by atoms with Crippen LogP contribution in [-0.4, -0.2) is 55.5 Å². The molecule has 0 aliphatic carbocycles. The second kappa shape index (κ2) is 12.1. The minimum Gasteiger partial charge on any atom is -0.483 e. The van der Waals surface area contributed by atoms with Gasteiger partial charge in [0.15, 0.2) is 6.61 Å². The van der Waals surface area contributed by atoms with Gasteiger partial charge in [0.2, 0.25) is 0 Å². The number of hydrogen-bond acceptors (Lipinski definition) is 4. The molecule has 0 spiro atoms. The van der Waals surface area contributed by atoms with Gasteiger partial charge in [-0.15, -0.1) is 0 Å². The maximum absolute atomic E-state index is 12.5. The van der Waals surface area contributed by atoms with Crippen molar-refractivity contribution in [3.8, 4) is 16.9 Å². The van der Waals surface area contributed by atoms with Gasteiger partial charge in [0.25, 0.3) is 5.91 Å². The zero-order valence-electron chi connectivity index (χ0n) is 19.6. The summed E-state index contributed by atoms with van der Waals surface area (Å²) < 4.78 is 5.98. The van der Waals surface area contributed by atoms with Crippen molar-refractivity contribution in [2.45, 2.75) is 13.1 Å². The van der Waals surface area contributed by atoms with Crippen molar-refractivity contribution in [3.63, 3.8) is 0 Å². The summed E-state index contributed by atoms with van der Waals surface area (Å²) in [6, 6.07) is 19.1. The number of likely N-dealkylation sites (N-methyl/N-ethyl adjacent to an activating group) is 1. The highest BCUT2D eigenvalue weighted by molar-refractivity contribution is 6.42. The van der Waals surface area contributed by atoms with E-state index in [4.69, 9.17) is 39.5 Å². The number of ether oxygens (including phenoxy) is 1. The number of halogens is 3. The smallest absolute Gasteiger partial charge is 0.258 e. The van der Waals surface area contributed by atoms with Gasteiger partial charge in [-0.2, -0.15) is 0 Å². The van der Waals surface area contributed by atoms with E-state index in [-0.39, 0.29) is 12.5 Å². The topological polar surface area (TPSA) is 44.8 Å². The summed E-state index contributed by atoms with van der Waals surface area (Å²) in [6.07, 6.45) is 0. The molecule has 0 saturated carbocycles. The molecule has 0 atom stereocenters. The number of carbonyl (C=O) groups is 1. The van der Waals surface area contributed by atoms with Crippen LogP contribution < -0.4 is 10.1 Å². The van der Waals surface area contributed by atoms with E-state index in [9.17, 15) is 4.79 Å². The highest BCUT2D eigenvalue weighted by Gasteiger charge is 2.17. The van der Waals surface area contributed by atoms with Gasteiger partial charge in [-0.1, -0.05) is 65.1 Å². The summed E-state index contributed by atoms with van der Waals surface area (Å²) in [5, 5.41) is 4.54. The van der Waals surface area contributed by atoms with Crippen LogP contribution in [0.5, 0.6) is 5.75 Å². The van der Waals surface area contributed by atoms with Crippen LogP contribution in [0.3, 0.4) is 0 Å². The summed E-state index contributed by atoms with van der Waals surface area (Å²) in [7, 11) is 2.14. The molecular formula is C27H28Cl3N3O2. The van der Waals surface area contributed by atoms with Crippen molar-refractivity contribution in [1.82, 2.24) is 15.1 Å². The molecule has 1 heterocycles. The van der Waals surface area contributed by atoms with Gasteiger partial charge < -0.3 is 15.0 Å². The Morgan fingerprint density at radius 3 is 2.31 bits per heavy atom. The Bertz CT molecular complexity index is 1180. The van der Waals surface area contributed by atoms with Crippen LogP contribution in [0.4, 0.5) is 0 Å². The third kappa shape index (κ3) is 7.12. The molecule has 4 rings (SSSR count). The molecule has 1 amide bonds. The number of piperazine rings is 1. The van der Waals surface area contributed by atoms with Gasteiger partial charge in [0, 0.05) is 49.9 Å². The van der Waals surface area contributed by atoms with Crippen LogP contribution in [0, 0.1) is 0 Å². The lowest BCUT2D eigenvalue weighted by atomic mass is 10.0. The molecule has 184 valence electrons. The lowest BCUT2D eigenvalue weighted by molar-refractivity contribution is -0.123. The first-order valence-corrected chi connectivity index (χ1v) is 12.6.